The van der Waals surface area contributed by atoms with Crippen LogP contribution >= 0.6 is 0 Å². The molecule has 13 aromatic carbocycles. The second kappa shape index (κ2) is 22.0. The highest BCUT2D eigenvalue weighted by Gasteiger charge is 2.52. The van der Waals surface area contributed by atoms with Gasteiger partial charge in [-0.15, -0.1) is 0 Å². The molecule has 0 radical (unpaired) electrons. The molecule has 2 aliphatic rings. The van der Waals surface area contributed by atoms with E-state index >= 15 is 0 Å². The fourth-order valence-corrected chi connectivity index (χ4v) is 14.1. The van der Waals surface area contributed by atoms with Gasteiger partial charge in [-0.2, -0.15) is 0 Å². The Hall–Kier alpha value is -10.5. The average molecular weight is 1140 g/mol. The van der Waals surface area contributed by atoms with Gasteiger partial charge < -0.3 is 9.80 Å². The molecule has 2 nitrogen and oxygen atoms in total. The van der Waals surface area contributed by atoms with E-state index in [-0.39, 0.29) is 10.8 Å². The van der Waals surface area contributed by atoms with Crippen LogP contribution < -0.4 is 9.80 Å². The Morgan fingerprint density at radius 3 is 0.966 bits per heavy atom. The summed E-state index contributed by atoms with van der Waals surface area (Å²) in [6.07, 6.45) is 0. The molecule has 0 saturated carbocycles. The van der Waals surface area contributed by atoms with Gasteiger partial charge in [0.1, 0.15) is 0 Å². The Morgan fingerprint density at radius 1 is 0.213 bits per heavy atom. The van der Waals surface area contributed by atoms with Crippen molar-refractivity contribution in [3.8, 4) is 77.9 Å². The zero-order valence-electron chi connectivity index (χ0n) is 51.4. The highest BCUT2D eigenvalue weighted by Crippen LogP contribution is 2.64. The van der Waals surface area contributed by atoms with Crippen LogP contribution in [0.2, 0.25) is 0 Å². The van der Waals surface area contributed by atoms with Crippen molar-refractivity contribution in [3.63, 3.8) is 0 Å². The zero-order valence-corrected chi connectivity index (χ0v) is 51.4. The van der Waals surface area contributed by atoms with Gasteiger partial charge in [0.05, 0.1) is 16.8 Å². The highest BCUT2D eigenvalue weighted by atomic mass is 15.2. The smallest absolute Gasteiger partial charge is 0.0725 e. The number of fused-ring (bicyclic) bond motifs is 10. The summed E-state index contributed by atoms with van der Waals surface area (Å²) in [6.45, 7) is 14.1. The second-order valence-electron chi connectivity index (χ2n) is 26.1. The van der Waals surface area contributed by atoms with Crippen molar-refractivity contribution in [1.82, 2.24) is 0 Å². The number of hydrogen-bond acceptors (Lipinski definition) is 2. The molecule has 0 saturated heterocycles. The van der Waals surface area contributed by atoms with Crippen molar-refractivity contribution in [2.75, 3.05) is 9.80 Å². The Balaban J connectivity index is 1.03. The summed E-state index contributed by atoms with van der Waals surface area (Å²) >= 11 is 0. The van der Waals surface area contributed by atoms with E-state index in [1.165, 1.54) is 66.8 Å². The molecule has 428 valence electrons. The molecular formula is C87H70N2. The van der Waals surface area contributed by atoms with E-state index in [4.69, 9.17) is 0 Å². The zero-order chi connectivity index (χ0) is 60.4. The highest BCUT2D eigenvalue weighted by molar-refractivity contribution is 5.99. The van der Waals surface area contributed by atoms with Crippen LogP contribution in [0.15, 0.2) is 315 Å². The van der Waals surface area contributed by atoms with Gasteiger partial charge in [0.2, 0.25) is 0 Å². The lowest BCUT2D eigenvalue weighted by Crippen LogP contribution is -2.27. The van der Waals surface area contributed by atoms with Gasteiger partial charge >= 0.3 is 0 Å². The molecule has 1 spiro atoms. The largest absolute Gasteiger partial charge is 0.310 e. The molecule has 89 heavy (non-hydrogen) atoms. The first-order chi connectivity index (χ1) is 43.4. The van der Waals surface area contributed by atoms with Crippen LogP contribution in [-0.2, 0) is 16.2 Å². The summed E-state index contributed by atoms with van der Waals surface area (Å²) in [5.41, 5.74) is 30.3. The van der Waals surface area contributed by atoms with Gasteiger partial charge in [-0.3, -0.25) is 0 Å². The first-order valence-electron chi connectivity index (χ1n) is 31.3. The molecule has 0 bridgehead atoms. The third kappa shape index (κ3) is 9.68. The minimum absolute atomic E-state index is 0.0685. The van der Waals surface area contributed by atoms with E-state index in [2.05, 4.69) is 367 Å². The fourth-order valence-electron chi connectivity index (χ4n) is 14.1. The summed E-state index contributed by atoms with van der Waals surface area (Å²) in [5, 5.41) is 0. The van der Waals surface area contributed by atoms with Gasteiger partial charge in [-0.05, 0) is 172 Å². The van der Waals surface area contributed by atoms with Gasteiger partial charge in [-0.1, -0.05) is 296 Å². The average Bonchev–Trinajstić information content (AvgIpc) is 1.51. The molecule has 15 rings (SSSR count). The van der Waals surface area contributed by atoms with Crippen molar-refractivity contribution in [3.05, 3.63) is 349 Å². The van der Waals surface area contributed by atoms with Gasteiger partial charge in [-0.25, -0.2) is 0 Å². The predicted octanol–water partition coefficient (Wildman–Crippen LogP) is 23.9. The first kappa shape index (κ1) is 55.1. The van der Waals surface area contributed by atoms with Crippen molar-refractivity contribution < 1.29 is 0 Å². The summed E-state index contributed by atoms with van der Waals surface area (Å²) in [5.74, 6) is 0. The van der Waals surface area contributed by atoms with Crippen LogP contribution in [0, 0.1) is 0 Å². The Labute approximate surface area is 525 Å². The molecular weight excluding hydrogens is 1070 g/mol. The molecule has 0 N–H and O–H groups in total. The maximum absolute atomic E-state index is 2.57. The minimum Gasteiger partial charge on any atom is -0.310 e. The molecule has 2 heteroatoms. The normalized spacial score (nSPS) is 12.7. The Kier molecular flexibility index (Phi) is 13.6. The van der Waals surface area contributed by atoms with Crippen LogP contribution in [0.4, 0.5) is 34.1 Å². The van der Waals surface area contributed by atoms with E-state index in [0.717, 1.165) is 78.6 Å². The van der Waals surface area contributed by atoms with E-state index in [0.29, 0.717) is 0 Å². The molecule has 2 aliphatic carbocycles. The van der Waals surface area contributed by atoms with E-state index in [1.807, 2.05) is 0 Å². The molecule has 0 fully saturated rings. The number of hydrogen-bond donors (Lipinski definition) is 0. The summed E-state index contributed by atoms with van der Waals surface area (Å²) < 4.78 is 0. The third-order valence-corrected chi connectivity index (χ3v) is 18.6. The Morgan fingerprint density at radius 2 is 0.539 bits per heavy atom. The fraction of sp³-hybridized carbons (Fsp3) is 0.103. The molecule has 0 aromatic heterocycles. The predicted molar refractivity (Wildman–Crippen MR) is 377 cm³/mol. The molecule has 0 unspecified atom stereocenters. The lowest BCUT2D eigenvalue weighted by atomic mass is 9.68. The number of benzene rings is 13. The lowest BCUT2D eigenvalue weighted by Gasteiger charge is -2.33. The molecule has 0 atom stereocenters. The quantitative estimate of drug-likeness (QED) is 0.127. The van der Waals surface area contributed by atoms with E-state index in [9.17, 15) is 0 Å². The SMILES string of the molecule is CC(C)(C)c1ccc2c(c1)C1(c3ccccc3-c3ccc(-c4cc(N(c5ccc(-c6ccccc6)cc5)c5ccccc5-c5ccccc5)cc(N(c5ccc(-c6ccccc6)cc5)c5ccccc5-c5ccccc5)c4)cc31)c1cc(C(C)(C)C)ccc1-2. The number of nitrogens with zero attached hydrogens (tertiary/aromatic N) is 2. The summed E-state index contributed by atoms with van der Waals surface area (Å²) in [4.78, 5) is 4.97. The van der Waals surface area contributed by atoms with Crippen molar-refractivity contribution in [2.45, 2.75) is 57.8 Å². The van der Waals surface area contributed by atoms with E-state index in [1.54, 1.807) is 0 Å². The van der Waals surface area contributed by atoms with Crippen LogP contribution in [0.5, 0.6) is 0 Å². The molecule has 0 aliphatic heterocycles. The molecule has 0 heterocycles. The third-order valence-electron chi connectivity index (χ3n) is 18.6. The van der Waals surface area contributed by atoms with Crippen molar-refractivity contribution in [1.29, 1.82) is 0 Å². The van der Waals surface area contributed by atoms with Crippen LogP contribution in [-0.4, -0.2) is 0 Å². The topological polar surface area (TPSA) is 6.48 Å². The summed E-state index contributed by atoms with van der Waals surface area (Å²) in [7, 11) is 0. The van der Waals surface area contributed by atoms with Gasteiger partial charge in [0, 0.05) is 33.9 Å². The standard InChI is InChI=1S/C87H70N2/c1-85(2,3)67-44-51-77-78-52-45-68(86(4,5)6)57-82(78)87(81(77)56-67)79-36-22-19-35-75(79)76-50-43-65(55-80(76)87)66-53-71(88(69-46-39-61(40-47-69)59-25-11-7-12-26-59)83-37-23-20-33-73(83)63-29-15-9-16-30-63)58-72(54-66)89(70-48-41-62(42-49-70)60-27-13-8-14-28-60)84-38-24-21-34-74(84)64-31-17-10-18-32-64/h7-58H,1-6H3. The monoisotopic (exact) mass is 1140 g/mol. The number of anilines is 6. The van der Waals surface area contributed by atoms with Gasteiger partial charge in [0.15, 0.2) is 0 Å². The maximum atomic E-state index is 2.57. The van der Waals surface area contributed by atoms with Gasteiger partial charge in [0.25, 0.3) is 0 Å². The molecule has 13 aromatic rings. The number of para-hydroxylation sites is 2. The van der Waals surface area contributed by atoms with Crippen LogP contribution in [0.3, 0.4) is 0 Å². The number of rotatable bonds is 11. The van der Waals surface area contributed by atoms with Crippen molar-refractivity contribution >= 4 is 34.1 Å². The lowest BCUT2D eigenvalue weighted by molar-refractivity contribution is 0.586. The summed E-state index contributed by atoms with van der Waals surface area (Å²) in [6, 6.07) is 118. The molecule has 0 amide bonds. The van der Waals surface area contributed by atoms with E-state index < -0.39 is 5.41 Å². The Bertz CT molecular complexity index is 4510. The van der Waals surface area contributed by atoms with Crippen molar-refractivity contribution in [2.24, 2.45) is 0 Å². The maximum Gasteiger partial charge on any atom is 0.0725 e. The second-order valence-corrected chi connectivity index (χ2v) is 26.1. The van der Waals surface area contributed by atoms with Crippen LogP contribution in [0.25, 0.3) is 77.9 Å². The van der Waals surface area contributed by atoms with Crippen LogP contribution in [0.1, 0.15) is 74.9 Å². The first-order valence-corrected chi connectivity index (χ1v) is 31.3. The minimum atomic E-state index is -0.585.